The highest BCUT2D eigenvalue weighted by atomic mass is 19.1. The van der Waals surface area contributed by atoms with Crippen LogP contribution in [0.4, 0.5) is 4.39 Å². The first-order valence-corrected chi connectivity index (χ1v) is 6.54. The van der Waals surface area contributed by atoms with Crippen molar-refractivity contribution in [2.75, 3.05) is 0 Å². The lowest BCUT2D eigenvalue weighted by molar-refractivity contribution is 0.0448. The Morgan fingerprint density at radius 2 is 1.65 bits per heavy atom. The summed E-state index contributed by atoms with van der Waals surface area (Å²) in [4.78, 5) is 0. The fourth-order valence-corrected chi connectivity index (χ4v) is 2.03. The molecule has 1 rings (SSSR count). The molecule has 0 spiro atoms. The lowest BCUT2D eigenvalue weighted by atomic mass is 9.90. The van der Waals surface area contributed by atoms with Crippen LogP contribution in [0.2, 0.25) is 0 Å². The van der Waals surface area contributed by atoms with Crippen molar-refractivity contribution < 1.29 is 9.50 Å². The Kier molecular flexibility index (Phi) is 5.63. The van der Waals surface area contributed by atoms with Crippen LogP contribution >= 0.6 is 0 Å². The minimum Gasteiger partial charge on any atom is -0.385 e. The van der Waals surface area contributed by atoms with E-state index in [0.29, 0.717) is 0 Å². The highest BCUT2D eigenvalue weighted by Crippen LogP contribution is 2.27. The minimum absolute atomic E-state index is 0.257. The zero-order chi connectivity index (χ0) is 12.7. The quantitative estimate of drug-likeness (QED) is 0.698. The lowest BCUT2D eigenvalue weighted by Gasteiger charge is -2.23. The van der Waals surface area contributed by atoms with E-state index in [4.69, 9.17) is 0 Å². The largest absolute Gasteiger partial charge is 0.385 e. The summed E-state index contributed by atoms with van der Waals surface area (Å²) in [5.74, 6) is -0.257. The SMILES string of the molecule is CCCCCCCC(C)(O)c1ccc(F)cc1. The van der Waals surface area contributed by atoms with Gasteiger partial charge in [0.1, 0.15) is 5.82 Å². The first-order valence-electron chi connectivity index (χ1n) is 6.54. The molecule has 0 aromatic heterocycles. The average molecular weight is 238 g/mol. The third-order valence-electron chi connectivity index (χ3n) is 3.23. The molecule has 0 aliphatic rings. The molecule has 0 bridgehead atoms. The van der Waals surface area contributed by atoms with Crippen LogP contribution in [0.3, 0.4) is 0 Å². The first-order chi connectivity index (χ1) is 8.06. The summed E-state index contributed by atoms with van der Waals surface area (Å²) in [6, 6.07) is 6.14. The van der Waals surface area contributed by atoms with Gasteiger partial charge in [0.05, 0.1) is 5.60 Å². The average Bonchev–Trinajstić information content (AvgIpc) is 2.29. The number of halogens is 1. The molecule has 0 aliphatic heterocycles. The molecule has 96 valence electrons. The Morgan fingerprint density at radius 1 is 1.06 bits per heavy atom. The summed E-state index contributed by atoms with van der Waals surface area (Å²) in [5.41, 5.74) is -0.0331. The van der Waals surface area contributed by atoms with Gasteiger partial charge in [-0.15, -0.1) is 0 Å². The van der Waals surface area contributed by atoms with Crippen LogP contribution in [-0.4, -0.2) is 5.11 Å². The van der Waals surface area contributed by atoms with E-state index in [-0.39, 0.29) is 5.82 Å². The van der Waals surface area contributed by atoms with Crippen molar-refractivity contribution in [3.05, 3.63) is 35.6 Å². The fraction of sp³-hybridized carbons (Fsp3) is 0.600. The summed E-state index contributed by atoms with van der Waals surface area (Å²) >= 11 is 0. The molecule has 0 heterocycles. The van der Waals surface area contributed by atoms with Gasteiger partial charge in [0, 0.05) is 0 Å². The number of rotatable bonds is 7. The Bertz CT molecular complexity index is 316. The van der Waals surface area contributed by atoms with Gasteiger partial charge in [-0.1, -0.05) is 51.2 Å². The van der Waals surface area contributed by atoms with Crippen LogP contribution < -0.4 is 0 Å². The smallest absolute Gasteiger partial charge is 0.123 e. The van der Waals surface area contributed by atoms with Crippen molar-refractivity contribution in [3.63, 3.8) is 0 Å². The van der Waals surface area contributed by atoms with E-state index >= 15 is 0 Å². The summed E-state index contributed by atoms with van der Waals surface area (Å²) in [5, 5.41) is 10.3. The van der Waals surface area contributed by atoms with Crippen molar-refractivity contribution in [1.29, 1.82) is 0 Å². The van der Waals surface area contributed by atoms with E-state index in [0.717, 1.165) is 24.8 Å². The van der Waals surface area contributed by atoms with Gasteiger partial charge < -0.3 is 5.11 Å². The maximum absolute atomic E-state index is 12.8. The van der Waals surface area contributed by atoms with E-state index in [1.165, 1.54) is 31.4 Å². The fourth-order valence-electron chi connectivity index (χ4n) is 2.03. The van der Waals surface area contributed by atoms with Crippen LogP contribution in [0.5, 0.6) is 0 Å². The maximum atomic E-state index is 12.8. The summed E-state index contributed by atoms with van der Waals surface area (Å²) in [6.45, 7) is 3.99. The molecule has 17 heavy (non-hydrogen) atoms. The number of unbranched alkanes of at least 4 members (excludes halogenated alkanes) is 4. The predicted octanol–water partition coefficient (Wildman–Crippen LogP) is 4.39. The Balaban J connectivity index is 2.42. The summed E-state index contributed by atoms with van der Waals surface area (Å²) < 4.78 is 12.8. The van der Waals surface area contributed by atoms with Gasteiger partial charge in [0.2, 0.25) is 0 Å². The zero-order valence-corrected chi connectivity index (χ0v) is 10.9. The maximum Gasteiger partial charge on any atom is 0.123 e. The van der Waals surface area contributed by atoms with Gasteiger partial charge >= 0.3 is 0 Å². The second-order valence-electron chi connectivity index (χ2n) is 4.94. The van der Waals surface area contributed by atoms with Crippen LogP contribution in [0.15, 0.2) is 24.3 Å². The zero-order valence-electron chi connectivity index (χ0n) is 10.9. The van der Waals surface area contributed by atoms with Gasteiger partial charge in [-0.25, -0.2) is 4.39 Å². The molecule has 1 nitrogen and oxygen atoms in total. The molecular weight excluding hydrogens is 215 g/mol. The molecule has 1 aromatic carbocycles. The van der Waals surface area contributed by atoms with E-state index in [1.807, 2.05) is 0 Å². The van der Waals surface area contributed by atoms with Crippen molar-refractivity contribution in [3.8, 4) is 0 Å². The third kappa shape index (κ3) is 4.86. The lowest BCUT2D eigenvalue weighted by Crippen LogP contribution is -2.20. The summed E-state index contributed by atoms with van der Waals surface area (Å²) in [7, 11) is 0. The molecule has 0 radical (unpaired) electrons. The number of hydrogen-bond acceptors (Lipinski definition) is 1. The number of aliphatic hydroxyl groups is 1. The molecule has 1 aromatic rings. The Hall–Kier alpha value is -0.890. The summed E-state index contributed by atoms with van der Waals surface area (Å²) in [6.07, 6.45) is 6.64. The molecule has 2 heteroatoms. The highest BCUT2D eigenvalue weighted by molar-refractivity contribution is 5.22. The first kappa shape index (κ1) is 14.2. The number of hydrogen-bond donors (Lipinski definition) is 1. The molecule has 0 aliphatic carbocycles. The van der Waals surface area contributed by atoms with Crippen LogP contribution in [0.25, 0.3) is 0 Å². The van der Waals surface area contributed by atoms with Crippen molar-refractivity contribution in [1.82, 2.24) is 0 Å². The van der Waals surface area contributed by atoms with Gasteiger partial charge in [0.25, 0.3) is 0 Å². The van der Waals surface area contributed by atoms with Crippen molar-refractivity contribution in [2.45, 2.75) is 58.0 Å². The van der Waals surface area contributed by atoms with E-state index < -0.39 is 5.60 Å². The van der Waals surface area contributed by atoms with E-state index in [2.05, 4.69) is 6.92 Å². The predicted molar refractivity (Wildman–Crippen MR) is 69.3 cm³/mol. The molecular formula is C15H23FO. The van der Waals surface area contributed by atoms with Gasteiger partial charge in [-0.2, -0.15) is 0 Å². The second kappa shape index (κ2) is 6.75. The highest BCUT2D eigenvalue weighted by Gasteiger charge is 2.22. The monoisotopic (exact) mass is 238 g/mol. The topological polar surface area (TPSA) is 20.2 Å². The van der Waals surface area contributed by atoms with Gasteiger partial charge in [0.15, 0.2) is 0 Å². The normalized spacial score (nSPS) is 14.6. The number of benzene rings is 1. The van der Waals surface area contributed by atoms with Gasteiger partial charge in [-0.05, 0) is 31.0 Å². The molecule has 1 atom stereocenters. The Morgan fingerprint density at radius 3 is 2.24 bits per heavy atom. The van der Waals surface area contributed by atoms with Crippen LogP contribution in [-0.2, 0) is 5.60 Å². The van der Waals surface area contributed by atoms with Crippen LogP contribution in [0.1, 0.15) is 57.9 Å². The molecule has 0 saturated carbocycles. The molecule has 0 fully saturated rings. The minimum atomic E-state index is -0.833. The molecule has 1 unspecified atom stereocenters. The molecule has 0 amide bonds. The molecule has 1 N–H and O–H groups in total. The van der Waals surface area contributed by atoms with Crippen molar-refractivity contribution >= 4 is 0 Å². The molecule has 0 saturated heterocycles. The standard InChI is InChI=1S/C15H23FO/c1-3-4-5-6-7-12-15(2,17)13-8-10-14(16)11-9-13/h8-11,17H,3-7,12H2,1-2H3. The van der Waals surface area contributed by atoms with E-state index in [1.54, 1.807) is 19.1 Å². The third-order valence-corrected chi connectivity index (χ3v) is 3.23. The van der Waals surface area contributed by atoms with E-state index in [9.17, 15) is 9.50 Å². The van der Waals surface area contributed by atoms with Crippen LogP contribution in [0, 0.1) is 5.82 Å². The van der Waals surface area contributed by atoms with Gasteiger partial charge in [-0.3, -0.25) is 0 Å². The second-order valence-corrected chi connectivity index (χ2v) is 4.94. The van der Waals surface area contributed by atoms with Crippen molar-refractivity contribution in [2.24, 2.45) is 0 Å². The Labute approximate surface area is 104 Å².